The molecule has 0 aliphatic rings. The molecule has 0 radical (unpaired) electrons. The number of aromatic hydroxyl groups is 1. The van der Waals surface area contributed by atoms with Crippen molar-refractivity contribution >= 4 is 21.4 Å². The molecule has 0 atom stereocenters. The minimum atomic E-state index is 0.0945. The van der Waals surface area contributed by atoms with E-state index in [2.05, 4.69) is 0 Å². The Hall–Kier alpha value is -2.31. The molecule has 3 aromatic rings. The van der Waals surface area contributed by atoms with Crippen LogP contribution in [0.5, 0.6) is 5.75 Å². The number of fused-ring (bicyclic) bond motifs is 1. The van der Waals surface area contributed by atoms with Crippen molar-refractivity contribution in [2.45, 2.75) is 0 Å². The molecular weight excluding hydrogens is 242 g/mol. The number of nitrogens with zero attached hydrogens (tertiary/aromatic N) is 1. The Kier molecular flexibility index (Phi) is 2.51. The molecule has 0 bridgehead atoms. The molecule has 0 aliphatic heterocycles. The molecule has 0 aliphatic carbocycles. The summed E-state index contributed by atoms with van der Waals surface area (Å²) in [5, 5.41) is 19.5. The van der Waals surface area contributed by atoms with Gasteiger partial charge in [-0.1, -0.05) is 36.4 Å². The standard InChI is InChI=1S/C15H9NOS/c16-9-14-15(17)12-7-6-11(8-13(12)18-14)10-4-2-1-3-5-10/h1-8,17H. The summed E-state index contributed by atoms with van der Waals surface area (Å²) in [6.45, 7) is 0. The minimum Gasteiger partial charge on any atom is -0.505 e. The highest BCUT2D eigenvalue weighted by molar-refractivity contribution is 7.20. The molecule has 1 aromatic heterocycles. The first-order chi connectivity index (χ1) is 8.79. The van der Waals surface area contributed by atoms with Crippen LogP contribution in [0.15, 0.2) is 48.5 Å². The van der Waals surface area contributed by atoms with E-state index in [4.69, 9.17) is 5.26 Å². The summed E-state index contributed by atoms with van der Waals surface area (Å²) in [7, 11) is 0. The van der Waals surface area contributed by atoms with Gasteiger partial charge in [-0.3, -0.25) is 0 Å². The maximum absolute atomic E-state index is 9.84. The van der Waals surface area contributed by atoms with Crippen molar-refractivity contribution in [3.8, 4) is 22.9 Å². The van der Waals surface area contributed by atoms with Crippen molar-refractivity contribution in [1.82, 2.24) is 0 Å². The highest BCUT2D eigenvalue weighted by Gasteiger charge is 2.11. The Morgan fingerprint density at radius 2 is 1.78 bits per heavy atom. The Bertz CT molecular complexity index is 753. The van der Waals surface area contributed by atoms with Crippen LogP contribution >= 0.6 is 11.3 Å². The number of thiophene rings is 1. The fraction of sp³-hybridized carbons (Fsp3) is 0. The van der Waals surface area contributed by atoms with Gasteiger partial charge in [-0.15, -0.1) is 11.3 Å². The van der Waals surface area contributed by atoms with E-state index < -0.39 is 0 Å². The summed E-state index contributed by atoms with van der Waals surface area (Å²) in [5.41, 5.74) is 2.22. The lowest BCUT2D eigenvalue weighted by Gasteiger charge is -2.01. The van der Waals surface area contributed by atoms with Crippen molar-refractivity contribution in [3.05, 3.63) is 53.4 Å². The SMILES string of the molecule is N#Cc1sc2cc(-c3ccccc3)ccc2c1O. The quantitative estimate of drug-likeness (QED) is 0.706. The van der Waals surface area contributed by atoms with Crippen LogP contribution in [0.3, 0.4) is 0 Å². The molecule has 0 fully saturated rings. The predicted octanol–water partition coefficient (Wildman–Crippen LogP) is 4.15. The number of hydrogen-bond acceptors (Lipinski definition) is 3. The van der Waals surface area contributed by atoms with Crippen molar-refractivity contribution in [3.63, 3.8) is 0 Å². The number of rotatable bonds is 1. The zero-order valence-corrected chi connectivity index (χ0v) is 10.2. The molecular formula is C15H9NOS. The van der Waals surface area contributed by atoms with Crippen molar-refractivity contribution in [2.24, 2.45) is 0 Å². The normalized spacial score (nSPS) is 10.4. The second kappa shape index (κ2) is 4.17. The molecule has 0 amide bonds. The van der Waals surface area contributed by atoms with Gasteiger partial charge in [-0.2, -0.15) is 5.26 Å². The summed E-state index contributed by atoms with van der Waals surface area (Å²) in [4.78, 5) is 0.371. The van der Waals surface area contributed by atoms with E-state index in [1.165, 1.54) is 11.3 Å². The van der Waals surface area contributed by atoms with Crippen LogP contribution in [0.2, 0.25) is 0 Å². The van der Waals surface area contributed by atoms with Crippen molar-refractivity contribution < 1.29 is 5.11 Å². The second-order valence-electron chi connectivity index (χ2n) is 3.97. The van der Waals surface area contributed by atoms with Gasteiger partial charge in [-0.05, 0) is 23.3 Å². The highest BCUT2D eigenvalue weighted by Crippen LogP contribution is 2.38. The van der Waals surface area contributed by atoms with Gasteiger partial charge < -0.3 is 5.11 Å². The molecule has 3 rings (SSSR count). The maximum Gasteiger partial charge on any atom is 0.152 e. The molecule has 0 saturated carbocycles. The predicted molar refractivity (Wildman–Crippen MR) is 73.6 cm³/mol. The Morgan fingerprint density at radius 3 is 2.50 bits per heavy atom. The van der Waals surface area contributed by atoms with Gasteiger partial charge in [0.1, 0.15) is 10.9 Å². The zero-order chi connectivity index (χ0) is 12.5. The van der Waals surface area contributed by atoms with Crippen LogP contribution in [-0.4, -0.2) is 5.11 Å². The first kappa shape index (κ1) is 10.8. The minimum absolute atomic E-state index is 0.0945. The fourth-order valence-electron chi connectivity index (χ4n) is 1.97. The number of hydrogen-bond donors (Lipinski definition) is 1. The molecule has 86 valence electrons. The van der Waals surface area contributed by atoms with E-state index in [0.29, 0.717) is 4.88 Å². The van der Waals surface area contributed by atoms with E-state index in [1.54, 1.807) is 0 Å². The third-order valence-electron chi connectivity index (χ3n) is 2.87. The molecule has 1 N–H and O–H groups in total. The third-order valence-corrected chi connectivity index (χ3v) is 3.92. The summed E-state index contributed by atoms with van der Waals surface area (Å²) >= 11 is 1.32. The second-order valence-corrected chi connectivity index (χ2v) is 5.02. The van der Waals surface area contributed by atoms with Crippen LogP contribution in [0, 0.1) is 11.3 Å². The molecule has 3 heteroatoms. The van der Waals surface area contributed by atoms with Gasteiger partial charge in [0.2, 0.25) is 0 Å². The van der Waals surface area contributed by atoms with E-state index in [0.717, 1.165) is 21.2 Å². The summed E-state index contributed by atoms with van der Waals surface area (Å²) in [6, 6.07) is 17.9. The van der Waals surface area contributed by atoms with Gasteiger partial charge in [-0.25, -0.2) is 0 Å². The first-order valence-corrected chi connectivity index (χ1v) is 6.32. The van der Waals surface area contributed by atoms with Gasteiger partial charge in [0.25, 0.3) is 0 Å². The van der Waals surface area contributed by atoms with Crippen molar-refractivity contribution in [1.29, 1.82) is 5.26 Å². The Labute approximate surface area is 108 Å². The zero-order valence-electron chi connectivity index (χ0n) is 9.42. The average molecular weight is 251 g/mol. The molecule has 2 aromatic carbocycles. The Morgan fingerprint density at radius 1 is 1.00 bits per heavy atom. The van der Waals surface area contributed by atoms with E-state index >= 15 is 0 Å². The fourth-order valence-corrected chi connectivity index (χ4v) is 2.90. The van der Waals surface area contributed by atoms with E-state index in [9.17, 15) is 5.11 Å². The summed E-state index contributed by atoms with van der Waals surface area (Å²) in [5.74, 6) is 0.0945. The van der Waals surface area contributed by atoms with Crippen LogP contribution in [0.4, 0.5) is 0 Å². The topological polar surface area (TPSA) is 44.0 Å². The van der Waals surface area contributed by atoms with E-state index in [1.807, 2.05) is 54.6 Å². The van der Waals surface area contributed by atoms with Gasteiger partial charge >= 0.3 is 0 Å². The monoisotopic (exact) mass is 251 g/mol. The smallest absolute Gasteiger partial charge is 0.152 e. The Balaban J connectivity index is 2.21. The van der Waals surface area contributed by atoms with Crippen molar-refractivity contribution in [2.75, 3.05) is 0 Å². The summed E-state index contributed by atoms with van der Waals surface area (Å²) in [6.07, 6.45) is 0. The molecule has 0 spiro atoms. The molecule has 2 nitrogen and oxygen atoms in total. The van der Waals surface area contributed by atoms with Crippen LogP contribution < -0.4 is 0 Å². The lowest BCUT2D eigenvalue weighted by atomic mass is 10.0. The molecule has 18 heavy (non-hydrogen) atoms. The van der Waals surface area contributed by atoms with Crippen LogP contribution in [0.1, 0.15) is 4.88 Å². The molecule has 0 unspecified atom stereocenters. The first-order valence-electron chi connectivity index (χ1n) is 5.50. The third kappa shape index (κ3) is 1.64. The largest absolute Gasteiger partial charge is 0.505 e. The number of benzene rings is 2. The molecule has 0 saturated heterocycles. The average Bonchev–Trinajstić information content (AvgIpc) is 2.76. The van der Waals surface area contributed by atoms with E-state index in [-0.39, 0.29) is 5.75 Å². The maximum atomic E-state index is 9.84. The lowest BCUT2D eigenvalue weighted by Crippen LogP contribution is -1.75. The molecule has 1 heterocycles. The lowest BCUT2D eigenvalue weighted by molar-refractivity contribution is 0.482. The summed E-state index contributed by atoms with van der Waals surface area (Å²) < 4.78 is 0.936. The highest BCUT2D eigenvalue weighted by atomic mass is 32.1. The van der Waals surface area contributed by atoms with Gasteiger partial charge in [0, 0.05) is 10.1 Å². The number of nitriles is 1. The van der Waals surface area contributed by atoms with Gasteiger partial charge in [0.15, 0.2) is 5.75 Å². The van der Waals surface area contributed by atoms with Gasteiger partial charge in [0.05, 0.1) is 0 Å². The van der Waals surface area contributed by atoms with Crippen LogP contribution in [0.25, 0.3) is 21.2 Å². The van der Waals surface area contributed by atoms with Crippen LogP contribution in [-0.2, 0) is 0 Å².